The predicted octanol–water partition coefficient (Wildman–Crippen LogP) is 5.56. The van der Waals surface area contributed by atoms with Crippen LogP contribution >= 0.6 is 0 Å². The molecule has 1 unspecified atom stereocenters. The Hall–Kier alpha value is -2.08. The largest absolute Gasteiger partial charge is 0.0642 e. The lowest BCUT2D eigenvalue weighted by molar-refractivity contribution is 0.554. The van der Waals surface area contributed by atoms with E-state index >= 15 is 0 Å². The molecule has 0 bridgehead atoms. The summed E-state index contributed by atoms with van der Waals surface area (Å²) >= 11 is 0. The minimum atomic E-state index is 0.0577. The normalized spacial score (nSPS) is 14.1. The molecule has 1 atom stereocenters. The summed E-state index contributed by atoms with van der Waals surface area (Å²) in [5, 5.41) is 2.68. The monoisotopic (exact) mass is 260 g/mol. The van der Waals surface area contributed by atoms with Gasteiger partial charge in [-0.25, -0.2) is 0 Å². The van der Waals surface area contributed by atoms with Crippen LogP contribution in [0.4, 0.5) is 0 Å². The third-order valence-electron chi connectivity index (χ3n) is 4.50. The van der Waals surface area contributed by atoms with Gasteiger partial charge in [0.15, 0.2) is 0 Å². The lowest BCUT2D eigenvalue weighted by Gasteiger charge is -2.31. The standard InChI is InChI=1S/C20H20/c1-3-20(2,17-12-5-4-6-13-17)19-15-9-11-16-10-7-8-14-18(16)19/h4-15H,3H2,1-2H3. The van der Waals surface area contributed by atoms with Crippen LogP contribution in [0.2, 0.25) is 0 Å². The molecule has 0 amide bonds. The Labute approximate surface area is 121 Å². The van der Waals surface area contributed by atoms with Gasteiger partial charge in [-0.2, -0.15) is 0 Å². The van der Waals surface area contributed by atoms with Crippen molar-refractivity contribution in [2.24, 2.45) is 0 Å². The smallest absolute Gasteiger partial charge is 0.0178 e. The highest BCUT2D eigenvalue weighted by Gasteiger charge is 2.28. The van der Waals surface area contributed by atoms with Crippen LogP contribution in [0, 0.1) is 0 Å². The van der Waals surface area contributed by atoms with Crippen LogP contribution in [-0.2, 0) is 5.41 Å². The minimum absolute atomic E-state index is 0.0577. The minimum Gasteiger partial charge on any atom is -0.0642 e. The van der Waals surface area contributed by atoms with Crippen LogP contribution in [0.5, 0.6) is 0 Å². The Kier molecular flexibility index (Phi) is 3.31. The van der Waals surface area contributed by atoms with Gasteiger partial charge in [-0.3, -0.25) is 0 Å². The second-order valence-electron chi connectivity index (χ2n) is 5.58. The average molecular weight is 260 g/mol. The SMILES string of the molecule is CCC(C)(c1ccccc1)c1cccc2ccccc12. The third-order valence-corrected chi connectivity index (χ3v) is 4.50. The fraction of sp³-hybridized carbons (Fsp3) is 0.200. The Morgan fingerprint density at radius 2 is 1.40 bits per heavy atom. The molecule has 3 aromatic carbocycles. The van der Waals surface area contributed by atoms with Gasteiger partial charge in [-0.1, -0.05) is 86.6 Å². The van der Waals surface area contributed by atoms with E-state index in [2.05, 4.69) is 86.6 Å². The maximum absolute atomic E-state index is 2.35. The maximum atomic E-state index is 2.35. The van der Waals surface area contributed by atoms with Crippen molar-refractivity contribution in [2.75, 3.05) is 0 Å². The molecular formula is C20H20. The van der Waals surface area contributed by atoms with Crippen LogP contribution < -0.4 is 0 Å². The molecule has 3 aromatic rings. The quantitative estimate of drug-likeness (QED) is 0.578. The molecule has 0 N–H and O–H groups in total. The van der Waals surface area contributed by atoms with Gasteiger partial charge in [0.2, 0.25) is 0 Å². The van der Waals surface area contributed by atoms with Gasteiger partial charge in [0.1, 0.15) is 0 Å². The molecule has 0 aliphatic carbocycles. The van der Waals surface area contributed by atoms with Crippen molar-refractivity contribution >= 4 is 10.8 Å². The highest BCUT2D eigenvalue weighted by molar-refractivity contribution is 5.87. The molecule has 0 saturated heterocycles. The van der Waals surface area contributed by atoms with Crippen LogP contribution in [0.1, 0.15) is 31.4 Å². The van der Waals surface area contributed by atoms with Gasteiger partial charge in [-0.15, -0.1) is 0 Å². The van der Waals surface area contributed by atoms with Gasteiger partial charge in [-0.05, 0) is 28.3 Å². The molecule has 0 fully saturated rings. The Morgan fingerprint density at radius 1 is 0.750 bits per heavy atom. The molecule has 0 nitrogen and oxygen atoms in total. The number of hydrogen-bond acceptors (Lipinski definition) is 0. The molecule has 0 aliphatic heterocycles. The fourth-order valence-corrected chi connectivity index (χ4v) is 3.06. The molecule has 0 heteroatoms. The topological polar surface area (TPSA) is 0 Å². The third kappa shape index (κ3) is 2.02. The number of hydrogen-bond donors (Lipinski definition) is 0. The Bertz CT molecular complexity index is 707. The lowest BCUT2D eigenvalue weighted by atomic mass is 9.73. The molecule has 0 aliphatic rings. The van der Waals surface area contributed by atoms with Gasteiger partial charge < -0.3 is 0 Å². The van der Waals surface area contributed by atoms with Crippen LogP contribution in [0.3, 0.4) is 0 Å². The first kappa shape index (κ1) is 12.9. The summed E-state index contributed by atoms with van der Waals surface area (Å²) in [5.74, 6) is 0. The van der Waals surface area contributed by atoms with Crippen molar-refractivity contribution in [3.05, 3.63) is 83.9 Å². The van der Waals surface area contributed by atoms with E-state index in [-0.39, 0.29) is 5.41 Å². The molecule has 20 heavy (non-hydrogen) atoms. The maximum Gasteiger partial charge on any atom is 0.0178 e. The Morgan fingerprint density at radius 3 is 2.15 bits per heavy atom. The van der Waals surface area contributed by atoms with E-state index in [9.17, 15) is 0 Å². The van der Waals surface area contributed by atoms with Crippen molar-refractivity contribution in [1.29, 1.82) is 0 Å². The fourth-order valence-electron chi connectivity index (χ4n) is 3.06. The number of rotatable bonds is 3. The zero-order valence-corrected chi connectivity index (χ0v) is 12.1. The van der Waals surface area contributed by atoms with Crippen LogP contribution in [0.15, 0.2) is 72.8 Å². The van der Waals surface area contributed by atoms with E-state index in [0.29, 0.717) is 0 Å². The first-order valence-corrected chi connectivity index (χ1v) is 7.29. The highest BCUT2D eigenvalue weighted by atomic mass is 14.3. The first-order chi connectivity index (χ1) is 9.75. The lowest BCUT2D eigenvalue weighted by Crippen LogP contribution is -2.22. The van der Waals surface area contributed by atoms with Crippen molar-refractivity contribution < 1.29 is 0 Å². The van der Waals surface area contributed by atoms with Crippen molar-refractivity contribution in [3.8, 4) is 0 Å². The van der Waals surface area contributed by atoms with Crippen LogP contribution in [-0.4, -0.2) is 0 Å². The zero-order chi connectivity index (χ0) is 14.0. The van der Waals surface area contributed by atoms with E-state index in [4.69, 9.17) is 0 Å². The molecular weight excluding hydrogens is 240 g/mol. The number of fused-ring (bicyclic) bond motifs is 1. The molecule has 0 heterocycles. The van der Waals surface area contributed by atoms with Gasteiger partial charge in [0.05, 0.1) is 0 Å². The van der Waals surface area contributed by atoms with E-state index < -0.39 is 0 Å². The summed E-state index contributed by atoms with van der Waals surface area (Å²) in [6, 6.07) is 26.2. The zero-order valence-electron chi connectivity index (χ0n) is 12.1. The van der Waals surface area contributed by atoms with E-state index in [1.165, 1.54) is 21.9 Å². The molecule has 3 rings (SSSR count). The summed E-state index contributed by atoms with van der Waals surface area (Å²) in [7, 11) is 0. The summed E-state index contributed by atoms with van der Waals surface area (Å²) in [6.07, 6.45) is 1.09. The van der Waals surface area contributed by atoms with E-state index in [1.807, 2.05) is 0 Å². The predicted molar refractivity (Wildman–Crippen MR) is 87.1 cm³/mol. The second-order valence-corrected chi connectivity index (χ2v) is 5.58. The first-order valence-electron chi connectivity index (χ1n) is 7.29. The second kappa shape index (κ2) is 5.13. The summed E-state index contributed by atoms with van der Waals surface area (Å²) in [5.41, 5.74) is 2.87. The summed E-state index contributed by atoms with van der Waals surface area (Å²) < 4.78 is 0. The van der Waals surface area contributed by atoms with Crippen molar-refractivity contribution in [1.82, 2.24) is 0 Å². The summed E-state index contributed by atoms with van der Waals surface area (Å²) in [4.78, 5) is 0. The molecule has 0 spiro atoms. The molecule has 0 aromatic heterocycles. The highest BCUT2D eigenvalue weighted by Crippen LogP contribution is 2.38. The van der Waals surface area contributed by atoms with E-state index in [1.54, 1.807) is 0 Å². The Balaban J connectivity index is 2.27. The van der Waals surface area contributed by atoms with E-state index in [0.717, 1.165) is 6.42 Å². The van der Waals surface area contributed by atoms with Gasteiger partial charge >= 0.3 is 0 Å². The average Bonchev–Trinajstić information content (AvgIpc) is 2.54. The van der Waals surface area contributed by atoms with Crippen molar-refractivity contribution in [3.63, 3.8) is 0 Å². The van der Waals surface area contributed by atoms with Gasteiger partial charge in [0.25, 0.3) is 0 Å². The van der Waals surface area contributed by atoms with Crippen LogP contribution in [0.25, 0.3) is 10.8 Å². The van der Waals surface area contributed by atoms with Gasteiger partial charge in [0, 0.05) is 5.41 Å². The summed E-state index contributed by atoms with van der Waals surface area (Å²) in [6.45, 7) is 4.62. The molecule has 0 radical (unpaired) electrons. The molecule has 100 valence electrons. The molecule has 0 saturated carbocycles. The number of benzene rings is 3. The van der Waals surface area contributed by atoms with Crippen molar-refractivity contribution in [2.45, 2.75) is 25.7 Å².